The summed E-state index contributed by atoms with van der Waals surface area (Å²) in [5, 5.41) is 51.9. The summed E-state index contributed by atoms with van der Waals surface area (Å²) < 4.78 is 0. The summed E-state index contributed by atoms with van der Waals surface area (Å²) in [4.78, 5) is 88.4. The Morgan fingerprint density at radius 2 is 0.980 bits per heavy atom. The van der Waals surface area contributed by atoms with Crippen LogP contribution < -0.4 is 43.4 Å². The van der Waals surface area contributed by atoms with Crippen LogP contribution in [0.25, 0.3) is 0 Å². The zero-order valence-electron chi connectivity index (χ0n) is 27.9. The van der Waals surface area contributed by atoms with Crippen molar-refractivity contribution in [3.8, 4) is 0 Å². The van der Waals surface area contributed by atoms with Gasteiger partial charge in [-0.05, 0) is 69.6 Å². The number of aliphatic hydroxyl groups is 3. The number of amides is 6. The Morgan fingerprint density at radius 1 is 0.571 bits per heavy atom. The van der Waals surface area contributed by atoms with Crippen LogP contribution in [0.1, 0.15) is 39.0 Å². The molecule has 0 rings (SSSR count). The number of unbranched alkanes of at least 4 members (excludes halogenated alkanes) is 1. The van der Waals surface area contributed by atoms with Crippen molar-refractivity contribution in [2.45, 2.75) is 81.3 Å². The van der Waals surface area contributed by atoms with Crippen molar-refractivity contribution < 1.29 is 54.0 Å². The van der Waals surface area contributed by atoms with E-state index in [1.165, 1.54) is 30.4 Å². The Morgan fingerprint density at radius 3 is 1.45 bits per heavy atom. The summed E-state index contributed by atoms with van der Waals surface area (Å²) >= 11 is 2.76. The minimum atomic E-state index is -1.62. The summed E-state index contributed by atoms with van der Waals surface area (Å²) in [6, 6.07) is -9.32. The third-order valence-corrected chi connectivity index (χ3v) is 8.25. The second kappa shape index (κ2) is 25.7. The van der Waals surface area contributed by atoms with Crippen LogP contribution >= 0.6 is 23.5 Å². The van der Waals surface area contributed by atoms with Crippen LogP contribution in [0.3, 0.4) is 0 Å². The van der Waals surface area contributed by atoms with Gasteiger partial charge in [-0.25, -0.2) is 4.79 Å². The van der Waals surface area contributed by atoms with Crippen molar-refractivity contribution in [3.63, 3.8) is 0 Å². The van der Waals surface area contributed by atoms with Gasteiger partial charge in [0, 0.05) is 0 Å². The molecule has 49 heavy (non-hydrogen) atoms. The van der Waals surface area contributed by atoms with Crippen molar-refractivity contribution in [2.75, 3.05) is 50.4 Å². The third kappa shape index (κ3) is 17.8. The van der Waals surface area contributed by atoms with E-state index in [9.17, 15) is 48.9 Å². The van der Waals surface area contributed by atoms with Gasteiger partial charge in [0.15, 0.2) is 0 Å². The lowest BCUT2D eigenvalue weighted by atomic mass is 10.1. The number of carbonyl (C=O) groups excluding carboxylic acids is 6. The van der Waals surface area contributed by atoms with E-state index in [1.54, 1.807) is 12.5 Å². The number of nitrogens with two attached hydrogens (primary N) is 2. The average molecular weight is 741 g/mol. The number of aliphatic hydroxyl groups excluding tert-OH is 3. The number of hydrogen-bond acceptors (Lipinski definition) is 14. The van der Waals surface area contributed by atoms with Crippen molar-refractivity contribution >= 4 is 64.9 Å². The molecule has 282 valence electrons. The molecule has 0 saturated heterocycles. The van der Waals surface area contributed by atoms with Gasteiger partial charge in [0.2, 0.25) is 35.4 Å². The lowest BCUT2D eigenvalue weighted by Gasteiger charge is -2.26. The zero-order chi connectivity index (χ0) is 37.5. The van der Waals surface area contributed by atoms with Crippen LogP contribution in [0.5, 0.6) is 0 Å². The molecule has 0 radical (unpaired) electrons. The topological polar surface area (TPSA) is 325 Å². The van der Waals surface area contributed by atoms with Gasteiger partial charge in [0.25, 0.3) is 0 Å². The molecular weight excluding hydrogens is 688 g/mol. The second-order valence-corrected chi connectivity index (χ2v) is 12.8. The number of carboxylic acids is 1. The first-order valence-corrected chi connectivity index (χ1v) is 18.3. The molecule has 7 atom stereocenters. The molecular formula is C28H52N8O11S2. The van der Waals surface area contributed by atoms with E-state index in [2.05, 4.69) is 31.9 Å². The maximum Gasteiger partial charge on any atom is 0.326 e. The minimum Gasteiger partial charge on any atom is -0.480 e. The lowest BCUT2D eigenvalue weighted by Crippen LogP contribution is -2.60. The van der Waals surface area contributed by atoms with Gasteiger partial charge in [-0.15, -0.1) is 0 Å². The molecule has 21 heteroatoms. The molecule has 14 N–H and O–H groups in total. The van der Waals surface area contributed by atoms with Crippen LogP contribution in [0, 0.1) is 0 Å². The quantitative estimate of drug-likeness (QED) is 0.0369. The zero-order valence-corrected chi connectivity index (χ0v) is 29.6. The Labute approximate surface area is 293 Å². The molecule has 0 aliphatic rings. The number of rotatable bonds is 26. The van der Waals surface area contributed by atoms with Crippen LogP contribution in [-0.4, -0.2) is 155 Å². The molecule has 0 aliphatic heterocycles. The highest BCUT2D eigenvalue weighted by molar-refractivity contribution is 7.98. The fraction of sp³-hybridized carbons (Fsp3) is 0.750. The molecule has 0 saturated carbocycles. The number of nitrogens with one attached hydrogen (secondary N) is 6. The Kier molecular flexibility index (Phi) is 24.0. The summed E-state index contributed by atoms with van der Waals surface area (Å²) in [5.41, 5.74) is 10.9. The summed E-state index contributed by atoms with van der Waals surface area (Å²) in [7, 11) is 0. The van der Waals surface area contributed by atoms with E-state index < -0.39 is 104 Å². The number of aliphatic carboxylic acids is 1. The lowest BCUT2D eigenvalue weighted by molar-refractivity contribution is -0.142. The Bertz CT molecular complexity index is 1090. The molecule has 0 aromatic heterocycles. The van der Waals surface area contributed by atoms with Gasteiger partial charge in [-0.2, -0.15) is 23.5 Å². The van der Waals surface area contributed by atoms with Crippen LogP contribution in [-0.2, 0) is 33.6 Å². The van der Waals surface area contributed by atoms with E-state index in [0.717, 1.165) is 0 Å². The molecule has 6 amide bonds. The Balaban J connectivity index is 5.64. The highest BCUT2D eigenvalue weighted by atomic mass is 32.2. The van der Waals surface area contributed by atoms with E-state index in [-0.39, 0.29) is 19.3 Å². The molecule has 0 spiro atoms. The fourth-order valence-corrected chi connectivity index (χ4v) is 4.95. The second-order valence-electron chi connectivity index (χ2n) is 10.9. The van der Waals surface area contributed by atoms with E-state index in [0.29, 0.717) is 30.9 Å². The standard InChI is InChI=1S/C28H52N8O11S2/c1-15(22(40)32-17(6-4-5-9-29)25(43)34-19(28(46)47)8-11-49-3)31-24(42)18(7-10-48-2)33-26(44)21(14-39)36-27(45)20(13-38)35-23(41)16(30)12-37/h15-21,37-39H,4-14,29-30H2,1-3H3,(H,31,42)(H,32,40)(H,33,44)(H,34,43)(H,35,41)(H,36,45)(H,46,47)/t15-,16-,17-,18-,19-,20-,21-/m0/s1. The molecule has 0 aromatic rings. The molecule has 0 aromatic carbocycles. The largest absolute Gasteiger partial charge is 0.480 e. The molecule has 0 aliphatic carbocycles. The van der Waals surface area contributed by atoms with Crippen molar-refractivity contribution in [1.29, 1.82) is 0 Å². The maximum atomic E-state index is 13.2. The van der Waals surface area contributed by atoms with E-state index >= 15 is 0 Å². The summed E-state index contributed by atoms with van der Waals surface area (Å²) in [5.74, 6) is -5.63. The van der Waals surface area contributed by atoms with Gasteiger partial charge in [-0.3, -0.25) is 28.8 Å². The highest BCUT2D eigenvalue weighted by Gasteiger charge is 2.32. The first kappa shape index (κ1) is 45.8. The monoisotopic (exact) mass is 740 g/mol. The predicted octanol–water partition coefficient (Wildman–Crippen LogP) is -5.06. The van der Waals surface area contributed by atoms with Crippen LogP contribution in [0.4, 0.5) is 0 Å². The number of carboxylic acid groups (broad SMARTS) is 1. The van der Waals surface area contributed by atoms with Gasteiger partial charge >= 0.3 is 5.97 Å². The average Bonchev–Trinajstić information content (AvgIpc) is 3.07. The molecule has 19 nitrogen and oxygen atoms in total. The van der Waals surface area contributed by atoms with Crippen LogP contribution in [0.15, 0.2) is 0 Å². The number of hydrogen-bond donors (Lipinski definition) is 12. The summed E-state index contributed by atoms with van der Waals surface area (Å²) in [6.07, 6.45) is 4.93. The number of thioether (sulfide) groups is 2. The smallest absolute Gasteiger partial charge is 0.326 e. The molecule has 0 fully saturated rings. The Hall–Kier alpha value is -3.21. The van der Waals surface area contributed by atoms with Crippen LogP contribution in [0.2, 0.25) is 0 Å². The maximum absolute atomic E-state index is 13.2. The van der Waals surface area contributed by atoms with E-state index in [1.807, 2.05) is 0 Å². The third-order valence-electron chi connectivity index (χ3n) is 6.97. The first-order chi connectivity index (χ1) is 23.2. The first-order valence-electron chi connectivity index (χ1n) is 15.5. The molecule has 0 bridgehead atoms. The van der Waals surface area contributed by atoms with Gasteiger partial charge < -0.3 is 63.8 Å². The van der Waals surface area contributed by atoms with E-state index in [4.69, 9.17) is 16.6 Å². The van der Waals surface area contributed by atoms with Gasteiger partial charge in [0.1, 0.15) is 42.3 Å². The minimum absolute atomic E-state index is 0.0737. The SMILES string of the molecule is CSCC[C@H](NC(=O)[C@H](CCCCN)NC(=O)[C@H](C)NC(=O)[C@H](CCSC)NC(=O)[C@H](CO)NC(=O)[C@H](CO)NC(=O)[C@@H](N)CO)C(=O)O. The van der Waals surface area contributed by atoms with Crippen molar-refractivity contribution in [1.82, 2.24) is 31.9 Å². The normalized spacial score (nSPS) is 15.3. The van der Waals surface area contributed by atoms with Gasteiger partial charge in [0.05, 0.1) is 19.8 Å². The van der Waals surface area contributed by atoms with Crippen molar-refractivity contribution in [2.24, 2.45) is 11.5 Å². The predicted molar refractivity (Wildman–Crippen MR) is 183 cm³/mol. The fourth-order valence-electron chi connectivity index (χ4n) is 4.00. The molecule has 0 unspecified atom stereocenters. The highest BCUT2D eigenvalue weighted by Crippen LogP contribution is 2.07. The van der Waals surface area contributed by atoms with Crippen molar-refractivity contribution in [3.05, 3.63) is 0 Å². The molecule has 0 heterocycles. The van der Waals surface area contributed by atoms with Gasteiger partial charge in [-0.1, -0.05) is 0 Å². The number of carbonyl (C=O) groups is 7. The summed E-state index contributed by atoms with van der Waals surface area (Å²) in [6.45, 7) is -0.882.